The molecule has 0 saturated heterocycles. The van der Waals surface area contributed by atoms with Gasteiger partial charge in [0.2, 0.25) is 0 Å². The summed E-state index contributed by atoms with van der Waals surface area (Å²) in [5, 5.41) is 1.92. The van der Waals surface area contributed by atoms with Crippen molar-refractivity contribution in [1.29, 1.82) is 0 Å². The van der Waals surface area contributed by atoms with E-state index in [-0.39, 0.29) is 4.87 Å². The van der Waals surface area contributed by atoms with E-state index in [0.717, 1.165) is 31.0 Å². The largest absolute Gasteiger partial charge is 0.307 e. The first kappa shape index (κ1) is 14.9. The van der Waals surface area contributed by atoms with Crippen LogP contribution in [0.2, 0.25) is 0 Å². The van der Waals surface area contributed by atoms with Crippen molar-refractivity contribution in [3.05, 3.63) is 50.8 Å². The lowest BCUT2D eigenvalue weighted by atomic mass is 10.2. The molecule has 2 heterocycles. The minimum atomic E-state index is 0.129. The van der Waals surface area contributed by atoms with Crippen LogP contribution in [0.4, 0.5) is 0 Å². The van der Waals surface area contributed by atoms with Crippen LogP contribution < -0.4 is 4.87 Å². The summed E-state index contributed by atoms with van der Waals surface area (Å²) in [6, 6.07) is 6.40. The fourth-order valence-corrected chi connectivity index (χ4v) is 2.88. The number of nitrogens with zero attached hydrogens (tertiary/aromatic N) is 3. The second-order valence-corrected chi connectivity index (χ2v) is 6.00. The van der Waals surface area contributed by atoms with Crippen molar-refractivity contribution in [3.8, 4) is 0 Å². The molecule has 0 unspecified atom stereocenters. The minimum absolute atomic E-state index is 0.129. The van der Waals surface area contributed by atoms with Crippen LogP contribution in [0.5, 0.6) is 0 Å². The van der Waals surface area contributed by atoms with Crippen molar-refractivity contribution in [2.75, 3.05) is 6.54 Å². The molecule has 0 atom stereocenters. The molecule has 2 rings (SSSR count). The molecule has 20 heavy (non-hydrogen) atoms. The van der Waals surface area contributed by atoms with Crippen LogP contribution in [-0.2, 0) is 13.1 Å². The molecule has 0 saturated carbocycles. The van der Waals surface area contributed by atoms with Crippen LogP contribution in [0.25, 0.3) is 0 Å². The van der Waals surface area contributed by atoms with Gasteiger partial charge in [-0.2, -0.15) is 0 Å². The van der Waals surface area contributed by atoms with E-state index in [1.165, 1.54) is 11.3 Å². The standard InChI is InChI=1S/C15H21N3OS/c1-12(2)17(10-14-6-4-5-7-16-14)8-9-18-13(3)11-20-15(18)19/h4-7,11-12H,8-10H2,1-3H3. The quantitative estimate of drug-likeness (QED) is 0.821. The summed E-state index contributed by atoms with van der Waals surface area (Å²) < 4.78 is 1.85. The summed E-state index contributed by atoms with van der Waals surface area (Å²) in [5.41, 5.74) is 2.11. The topological polar surface area (TPSA) is 38.1 Å². The molecule has 0 aliphatic heterocycles. The zero-order valence-corrected chi connectivity index (χ0v) is 13.1. The molecule has 0 N–H and O–H groups in total. The summed E-state index contributed by atoms with van der Waals surface area (Å²) in [6.45, 7) is 8.73. The van der Waals surface area contributed by atoms with Gasteiger partial charge in [0.05, 0.1) is 5.69 Å². The van der Waals surface area contributed by atoms with E-state index in [0.29, 0.717) is 6.04 Å². The first-order valence-electron chi connectivity index (χ1n) is 6.87. The SMILES string of the molecule is Cc1csc(=O)n1CCN(Cc1ccccn1)C(C)C. The highest BCUT2D eigenvalue weighted by molar-refractivity contribution is 7.07. The predicted octanol–water partition coefficient (Wildman–Crippen LogP) is 2.52. The molecule has 2 aromatic heterocycles. The Morgan fingerprint density at radius 3 is 2.75 bits per heavy atom. The molecule has 0 aliphatic rings. The number of hydrogen-bond donors (Lipinski definition) is 0. The number of rotatable bonds is 6. The molecule has 0 spiro atoms. The first-order chi connectivity index (χ1) is 9.58. The van der Waals surface area contributed by atoms with E-state index in [9.17, 15) is 4.79 Å². The smallest absolute Gasteiger partial charge is 0.302 e. The van der Waals surface area contributed by atoms with Crippen molar-refractivity contribution < 1.29 is 0 Å². The molecule has 0 fully saturated rings. The van der Waals surface area contributed by atoms with Gasteiger partial charge in [-0.3, -0.25) is 14.7 Å². The molecule has 5 heteroatoms. The molecule has 0 amide bonds. The summed E-state index contributed by atoms with van der Waals surface area (Å²) in [6.07, 6.45) is 1.82. The van der Waals surface area contributed by atoms with Crippen LogP contribution in [0.15, 0.2) is 34.6 Å². The van der Waals surface area contributed by atoms with Gasteiger partial charge in [0.25, 0.3) is 0 Å². The predicted molar refractivity (Wildman–Crippen MR) is 83.1 cm³/mol. The third-order valence-electron chi connectivity index (χ3n) is 3.41. The van der Waals surface area contributed by atoms with Crippen molar-refractivity contribution in [3.63, 3.8) is 0 Å². The van der Waals surface area contributed by atoms with Gasteiger partial charge >= 0.3 is 4.87 Å². The fraction of sp³-hybridized carbons (Fsp3) is 0.467. The zero-order valence-electron chi connectivity index (χ0n) is 12.2. The molecular formula is C15H21N3OS. The van der Waals surface area contributed by atoms with Gasteiger partial charge in [0.1, 0.15) is 0 Å². The van der Waals surface area contributed by atoms with Gasteiger partial charge < -0.3 is 4.57 Å². The van der Waals surface area contributed by atoms with Gasteiger partial charge in [-0.05, 0) is 32.9 Å². The Labute approximate surface area is 123 Å². The maximum absolute atomic E-state index is 11.7. The molecule has 0 radical (unpaired) electrons. The van der Waals surface area contributed by atoms with Crippen molar-refractivity contribution in [2.45, 2.75) is 39.9 Å². The normalized spacial score (nSPS) is 11.4. The average molecular weight is 291 g/mol. The van der Waals surface area contributed by atoms with Crippen molar-refractivity contribution in [1.82, 2.24) is 14.5 Å². The van der Waals surface area contributed by atoms with Crippen LogP contribution >= 0.6 is 11.3 Å². The second-order valence-electron chi connectivity index (χ2n) is 5.18. The Balaban J connectivity index is 2.02. The highest BCUT2D eigenvalue weighted by atomic mass is 32.1. The van der Waals surface area contributed by atoms with Crippen LogP contribution in [-0.4, -0.2) is 27.0 Å². The lowest BCUT2D eigenvalue weighted by Gasteiger charge is -2.26. The average Bonchev–Trinajstić information content (AvgIpc) is 2.75. The maximum atomic E-state index is 11.7. The Morgan fingerprint density at radius 1 is 1.40 bits per heavy atom. The molecular weight excluding hydrogens is 270 g/mol. The highest BCUT2D eigenvalue weighted by Gasteiger charge is 2.12. The van der Waals surface area contributed by atoms with Crippen molar-refractivity contribution >= 4 is 11.3 Å². The van der Waals surface area contributed by atoms with Gasteiger partial charge in [-0.1, -0.05) is 17.4 Å². The summed E-state index contributed by atoms with van der Waals surface area (Å²) in [4.78, 5) is 18.6. The van der Waals surface area contributed by atoms with E-state index >= 15 is 0 Å². The lowest BCUT2D eigenvalue weighted by Crippen LogP contribution is -2.35. The van der Waals surface area contributed by atoms with Gasteiger partial charge in [-0.15, -0.1) is 0 Å². The van der Waals surface area contributed by atoms with Gasteiger partial charge in [0.15, 0.2) is 0 Å². The fourth-order valence-electron chi connectivity index (χ4n) is 2.12. The van der Waals surface area contributed by atoms with E-state index in [1.54, 1.807) is 0 Å². The number of pyridine rings is 1. The first-order valence-corrected chi connectivity index (χ1v) is 7.75. The van der Waals surface area contributed by atoms with Crippen LogP contribution in [0.1, 0.15) is 25.2 Å². The number of aryl methyl sites for hydroxylation is 1. The van der Waals surface area contributed by atoms with E-state index in [1.807, 2.05) is 41.3 Å². The monoisotopic (exact) mass is 291 g/mol. The number of aromatic nitrogens is 2. The second kappa shape index (κ2) is 6.81. The number of hydrogen-bond acceptors (Lipinski definition) is 4. The lowest BCUT2D eigenvalue weighted by molar-refractivity contribution is 0.201. The summed E-state index contributed by atoms with van der Waals surface area (Å²) in [5.74, 6) is 0. The molecule has 108 valence electrons. The Morgan fingerprint density at radius 2 is 2.20 bits per heavy atom. The van der Waals surface area contributed by atoms with Crippen LogP contribution in [0.3, 0.4) is 0 Å². The summed E-state index contributed by atoms with van der Waals surface area (Å²) in [7, 11) is 0. The molecule has 0 bridgehead atoms. The highest BCUT2D eigenvalue weighted by Crippen LogP contribution is 2.07. The van der Waals surface area contributed by atoms with E-state index in [4.69, 9.17) is 0 Å². The van der Waals surface area contributed by atoms with E-state index < -0.39 is 0 Å². The number of thiazole rings is 1. The molecule has 0 aromatic carbocycles. The molecule has 4 nitrogen and oxygen atoms in total. The van der Waals surface area contributed by atoms with Crippen molar-refractivity contribution in [2.24, 2.45) is 0 Å². The summed E-state index contributed by atoms with van der Waals surface area (Å²) >= 11 is 1.27. The minimum Gasteiger partial charge on any atom is -0.302 e. The molecule has 2 aromatic rings. The Kier molecular flexibility index (Phi) is 5.09. The van der Waals surface area contributed by atoms with E-state index in [2.05, 4.69) is 23.7 Å². The Hall–Kier alpha value is -1.46. The molecule has 0 aliphatic carbocycles. The van der Waals surface area contributed by atoms with Gasteiger partial charge in [-0.25, -0.2) is 0 Å². The van der Waals surface area contributed by atoms with Gasteiger partial charge in [0, 0.05) is 42.9 Å². The third-order valence-corrected chi connectivity index (χ3v) is 4.29. The maximum Gasteiger partial charge on any atom is 0.307 e. The Bertz CT molecular complexity index is 589. The van der Waals surface area contributed by atoms with Crippen LogP contribution in [0, 0.1) is 6.92 Å². The zero-order chi connectivity index (χ0) is 14.5. The third kappa shape index (κ3) is 3.77.